The number of aromatic amines is 1. The minimum atomic E-state index is -4.41. The summed E-state index contributed by atoms with van der Waals surface area (Å²) in [5, 5.41) is 12.0. The maximum Gasteiger partial charge on any atom is 0.405 e. The molecule has 0 saturated carbocycles. The number of amides is 1. The molecule has 1 atom stereocenters. The molecule has 1 fully saturated rings. The predicted molar refractivity (Wildman–Crippen MR) is 93.2 cm³/mol. The number of halogens is 3. The molecule has 4 heterocycles. The normalized spacial score (nSPS) is 18.2. The van der Waals surface area contributed by atoms with E-state index in [9.17, 15) is 18.0 Å². The van der Waals surface area contributed by atoms with E-state index in [1.54, 1.807) is 18.6 Å². The minimum Gasteiger partial charge on any atom is -0.369 e. The van der Waals surface area contributed by atoms with E-state index in [0.29, 0.717) is 37.1 Å². The standard InChI is InChI=1S/C17H17F3N6O/c18-17(19,20)9-23-16(27)10-2-1-5-26(8-10)13-7-21-6-12-14(13)11-3-4-22-15(11)25-24-12/h3-4,6-7,10H,1-2,5,8-9H2,(H,22,25)(H,23,27). The summed E-state index contributed by atoms with van der Waals surface area (Å²) in [4.78, 5) is 21.4. The lowest BCUT2D eigenvalue weighted by atomic mass is 9.96. The Morgan fingerprint density at radius 3 is 3.00 bits per heavy atom. The molecule has 0 spiro atoms. The van der Waals surface area contributed by atoms with Crippen molar-refractivity contribution >= 4 is 33.5 Å². The van der Waals surface area contributed by atoms with Crippen LogP contribution in [-0.4, -0.2) is 51.9 Å². The van der Waals surface area contributed by atoms with Gasteiger partial charge in [-0.1, -0.05) is 0 Å². The molecule has 7 nitrogen and oxygen atoms in total. The second kappa shape index (κ2) is 6.67. The number of rotatable bonds is 3. The van der Waals surface area contributed by atoms with Crippen molar-refractivity contribution in [1.29, 1.82) is 0 Å². The third kappa shape index (κ3) is 3.51. The Bertz CT molecular complexity index is 986. The molecule has 1 saturated heterocycles. The third-order valence-corrected chi connectivity index (χ3v) is 4.75. The number of nitrogens with one attached hydrogen (secondary N) is 2. The molecule has 2 N–H and O–H groups in total. The number of H-pyrrole nitrogens is 1. The van der Waals surface area contributed by atoms with E-state index in [0.717, 1.165) is 16.5 Å². The first-order valence-electron chi connectivity index (χ1n) is 8.59. The zero-order chi connectivity index (χ0) is 19.0. The quantitative estimate of drug-likeness (QED) is 0.731. The zero-order valence-electron chi connectivity index (χ0n) is 14.3. The molecule has 3 aromatic heterocycles. The number of piperidine rings is 1. The number of carbonyl (C=O) groups excluding carboxylic acids is 1. The van der Waals surface area contributed by atoms with Crippen molar-refractivity contribution in [2.45, 2.75) is 19.0 Å². The Labute approximate surface area is 152 Å². The van der Waals surface area contributed by atoms with Gasteiger partial charge in [-0.3, -0.25) is 9.78 Å². The Morgan fingerprint density at radius 2 is 2.19 bits per heavy atom. The summed E-state index contributed by atoms with van der Waals surface area (Å²) in [5.74, 6) is -1.08. The number of nitrogens with zero attached hydrogens (tertiary/aromatic N) is 4. The van der Waals surface area contributed by atoms with Gasteiger partial charge < -0.3 is 15.2 Å². The van der Waals surface area contributed by atoms with E-state index in [-0.39, 0.29) is 0 Å². The predicted octanol–water partition coefficient (Wildman–Crippen LogP) is 2.40. The highest BCUT2D eigenvalue weighted by Gasteiger charge is 2.32. The van der Waals surface area contributed by atoms with Crippen LogP contribution in [-0.2, 0) is 4.79 Å². The molecule has 142 valence electrons. The first kappa shape index (κ1) is 17.5. The van der Waals surface area contributed by atoms with E-state index in [1.807, 2.05) is 16.3 Å². The molecule has 0 radical (unpaired) electrons. The molecule has 10 heteroatoms. The largest absolute Gasteiger partial charge is 0.405 e. The summed E-state index contributed by atoms with van der Waals surface area (Å²) < 4.78 is 37.1. The van der Waals surface area contributed by atoms with Gasteiger partial charge in [0.2, 0.25) is 5.91 Å². The summed E-state index contributed by atoms with van der Waals surface area (Å²) in [6.07, 6.45) is 1.93. The average molecular weight is 378 g/mol. The van der Waals surface area contributed by atoms with Crippen LogP contribution in [0.2, 0.25) is 0 Å². The number of pyridine rings is 1. The fraction of sp³-hybridized carbons (Fsp3) is 0.412. The van der Waals surface area contributed by atoms with Gasteiger partial charge in [-0.25, -0.2) is 0 Å². The lowest BCUT2D eigenvalue weighted by Crippen LogP contribution is -2.45. The minimum absolute atomic E-state index is 0.332. The molecule has 0 bridgehead atoms. The van der Waals surface area contributed by atoms with E-state index in [1.165, 1.54) is 0 Å². The molecular formula is C17H17F3N6O. The van der Waals surface area contributed by atoms with Crippen molar-refractivity contribution < 1.29 is 18.0 Å². The molecule has 27 heavy (non-hydrogen) atoms. The van der Waals surface area contributed by atoms with Crippen LogP contribution in [0.25, 0.3) is 21.9 Å². The smallest absolute Gasteiger partial charge is 0.369 e. The van der Waals surface area contributed by atoms with Crippen molar-refractivity contribution in [1.82, 2.24) is 25.5 Å². The van der Waals surface area contributed by atoms with Crippen LogP contribution in [0, 0.1) is 5.92 Å². The summed E-state index contributed by atoms with van der Waals surface area (Å²) in [7, 11) is 0. The Balaban J connectivity index is 1.62. The summed E-state index contributed by atoms with van der Waals surface area (Å²) in [6.45, 7) is -0.283. The maximum atomic E-state index is 12.4. The lowest BCUT2D eigenvalue weighted by molar-refractivity contribution is -0.140. The van der Waals surface area contributed by atoms with Gasteiger partial charge in [0.05, 0.1) is 24.0 Å². The van der Waals surface area contributed by atoms with Gasteiger partial charge in [0.25, 0.3) is 0 Å². The molecule has 1 aliphatic rings. The van der Waals surface area contributed by atoms with Crippen LogP contribution < -0.4 is 10.2 Å². The first-order valence-corrected chi connectivity index (χ1v) is 8.59. The molecule has 4 rings (SSSR count). The number of hydrogen-bond donors (Lipinski definition) is 2. The van der Waals surface area contributed by atoms with Gasteiger partial charge in [-0.05, 0) is 18.9 Å². The van der Waals surface area contributed by atoms with Crippen molar-refractivity contribution in [3.8, 4) is 0 Å². The number of carbonyl (C=O) groups is 1. The SMILES string of the molecule is O=C(NCC(F)(F)F)C1CCCN(c2cncc3nnc4[nH]ccc4c23)C1. The number of anilines is 1. The fourth-order valence-electron chi connectivity index (χ4n) is 3.52. The molecule has 1 amide bonds. The summed E-state index contributed by atoms with van der Waals surface area (Å²) in [6, 6.07) is 1.90. The number of hydrogen-bond acceptors (Lipinski definition) is 5. The Hall–Kier alpha value is -2.91. The Kier molecular flexibility index (Phi) is 4.33. The van der Waals surface area contributed by atoms with Crippen LogP contribution in [0.15, 0.2) is 24.7 Å². The molecule has 1 aliphatic heterocycles. The van der Waals surface area contributed by atoms with Gasteiger partial charge in [0.1, 0.15) is 12.1 Å². The van der Waals surface area contributed by atoms with Crippen LogP contribution in [0.3, 0.4) is 0 Å². The van der Waals surface area contributed by atoms with Gasteiger partial charge >= 0.3 is 6.18 Å². The molecular weight excluding hydrogens is 361 g/mol. The molecule has 1 unspecified atom stereocenters. The average Bonchev–Trinajstić information content (AvgIpc) is 3.14. The topological polar surface area (TPSA) is 86.8 Å². The van der Waals surface area contributed by atoms with Gasteiger partial charge in [-0.2, -0.15) is 13.2 Å². The van der Waals surface area contributed by atoms with Crippen LogP contribution in [0.4, 0.5) is 18.9 Å². The monoisotopic (exact) mass is 378 g/mol. The lowest BCUT2D eigenvalue weighted by Gasteiger charge is -2.34. The fourth-order valence-corrected chi connectivity index (χ4v) is 3.52. The van der Waals surface area contributed by atoms with Crippen LogP contribution in [0.1, 0.15) is 12.8 Å². The van der Waals surface area contributed by atoms with Crippen LogP contribution in [0.5, 0.6) is 0 Å². The van der Waals surface area contributed by atoms with E-state index < -0.39 is 24.5 Å². The molecule has 3 aromatic rings. The highest BCUT2D eigenvalue weighted by molar-refractivity contribution is 6.09. The number of aromatic nitrogens is 4. The summed E-state index contributed by atoms with van der Waals surface area (Å²) >= 11 is 0. The Morgan fingerprint density at radius 1 is 1.33 bits per heavy atom. The van der Waals surface area contributed by atoms with Crippen LogP contribution >= 0.6 is 0 Å². The van der Waals surface area contributed by atoms with E-state index >= 15 is 0 Å². The van der Waals surface area contributed by atoms with Gasteiger partial charge in [0.15, 0.2) is 5.65 Å². The molecule has 0 aromatic carbocycles. The van der Waals surface area contributed by atoms with Gasteiger partial charge in [0, 0.05) is 30.1 Å². The van der Waals surface area contributed by atoms with Crippen molar-refractivity contribution in [2.24, 2.45) is 5.92 Å². The number of fused-ring (bicyclic) bond motifs is 3. The second-order valence-corrected chi connectivity index (χ2v) is 6.61. The first-order chi connectivity index (χ1) is 12.9. The van der Waals surface area contributed by atoms with Gasteiger partial charge in [-0.15, -0.1) is 10.2 Å². The van der Waals surface area contributed by atoms with E-state index in [2.05, 4.69) is 20.2 Å². The van der Waals surface area contributed by atoms with Crippen molar-refractivity contribution in [3.63, 3.8) is 0 Å². The highest BCUT2D eigenvalue weighted by Crippen LogP contribution is 2.32. The van der Waals surface area contributed by atoms with Crippen molar-refractivity contribution in [3.05, 3.63) is 24.7 Å². The third-order valence-electron chi connectivity index (χ3n) is 4.75. The highest BCUT2D eigenvalue weighted by atomic mass is 19.4. The molecule has 0 aliphatic carbocycles. The second-order valence-electron chi connectivity index (χ2n) is 6.61. The van der Waals surface area contributed by atoms with E-state index in [4.69, 9.17) is 0 Å². The summed E-state index contributed by atoms with van der Waals surface area (Å²) in [5.41, 5.74) is 2.08. The zero-order valence-corrected chi connectivity index (χ0v) is 14.3. The number of alkyl halides is 3. The van der Waals surface area contributed by atoms with Crippen molar-refractivity contribution in [2.75, 3.05) is 24.5 Å². The maximum absolute atomic E-state index is 12.4.